The van der Waals surface area contributed by atoms with E-state index in [-0.39, 0.29) is 5.41 Å². The smallest absolute Gasteiger partial charge is 0.135 e. The van der Waals surface area contributed by atoms with Gasteiger partial charge in [-0.15, -0.1) is 0 Å². The molecule has 0 bridgehead atoms. The lowest BCUT2D eigenvalue weighted by molar-refractivity contribution is 0.484. The van der Waals surface area contributed by atoms with E-state index in [4.69, 9.17) is 4.74 Å². The third kappa shape index (κ3) is 5.43. The van der Waals surface area contributed by atoms with Crippen molar-refractivity contribution >= 4 is 0 Å². The molecule has 0 spiro atoms. The molecule has 0 heterocycles. The number of hydrogen-bond acceptors (Lipinski definition) is 1. The van der Waals surface area contributed by atoms with E-state index in [0.717, 1.165) is 17.1 Å². The highest BCUT2D eigenvalue weighted by Crippen LogP contribution is 2.37. The first-order valence-electron chi connectivity index (χ1n) is 13.3. The van der Waals surface area contributed by atoms with Gasteiger partial charge in [0.2, 0.25) is 0 Å². The van der Waals surface area contributed by atoms with Gasteiger partial charge in [0, 0.05) is 11.0 Å². The van der Waals surface area contributed by atoms with Crippen molar-refractivity contribution in [2.24, 2.45) is 0 Å². The second kappa shape index (κ2) is 10.3. The number of rotatable bonds is 6. The van der Waals surface area contributed by atoms with Crippen LogP contribution in [-0.4, -0.2) is 0 Å². The zero-order chi connectivity index (χ0) is 26.9. The predicted molar refractivity (Wildman–Crippen MR) is 161 cm³/mol. The summed E-state index contributed by atoms with van der Waals surface area (Å²) in [4.78, 5) is 0. The van der Waals surface area contributed by atoms with Gasteiger partial charge in [-0.2, -0.15) is 0 Å². The fourth-order valence-electron chi connectivity index (χ4n) is 5.15. The molecule has 0 fully saturated rings. The average Bonchev–Trinajstić information content (AvgIpc) is 2.90. The van der Waals surface area contributed by atoms with Crippen LogP contribution in [0.3, 0.4) is 0 Å². The van der Waals surface area contributed by atoms with Crippen molar-refractivity contribution in [1.29, 1.82) is 0 Å². The number of hydrogen-bond donors (Lipinski definition) is 0. The predicted octanol–water partition coefficient (Wildman–Crippen LogP) is 10.4. The summed E-state index contributed by atoms with van der Waals surface area (Å²) in [6.45, 7) is 13.1. The third-order valence-electron chi connectivity index (χ3n) is 7.46. The molecular weight excluding hydrogens is 460 g/mol. The maximum absolute atomic E-state index is 6.41. The van der Waals surface area contributed by atoms with E-state index in [0.29, 0.717) is 0 Å². The summed E-state index contributed by atoms with van der Waals surface area (Å²) in [5.74, 6) is 1.70. The van der Waals surface area contributed by atoms with E-state index >= 15 is 0 Å². The summed E-state index contributed by atoms with van der Waals surface area (Å²) in [7, 11) is 0. The molecule has 5 rings (SSSR count). The molecule has 0 saturated carbocycles. The summed E-state index contributed by atoms with van der Waals surface area (Å²) >= 11 is 0. The maximum atomic E-state index is 6.41. The second-order valence-corrected chi connectivity index (χ2v) is 11.1. The molecule has 38 heavy (non-hydrogen) atoms. The van der Waals surface area contributed by atoms with Crippen LogP contribution >= 0.6 is 0 Å². The van der Waals surface area contributed by atoms with E-state index in [1.807, 2.05) is 0 Å². The fourth-order valence-corrected chi connectivity index (χ4v) is 5.15. The van der Waals surface area contributed by atoms with E-state index < -0.39 is 0 Å². The second-order valence-electron chi connectivity index (χ2n) is 11.1. The minimum atomic E-state index is -0.0501. The number of ether oxygens (including phenoxy) is 1. The van der Waals surface area contributed by atoms with Crippen LogP contribution in [-0.2, 0) is 5.41 Å². The highest BCUT2D eigenvalue weighted by atomic mass is 16.5. The van der Waals surface area contributed by atoms with Gasteiger partial charge in [0.1, 0.15) is 11.5 Å². The Bertz CT molecular complexity index is 1530. The van der Waals surface area contributed by atoms with Crippen LogP contribution in [0.25, 0.3) is 22.3 Å². The Labute approximate surface area is 227 Å². The summed E-state index contributed by atoms with van der Waals surface area (Å²) in [6, 6.07) is 39.2. The van der Waals surface area contributed by atoms with Gasteiger partial charge in [-0.3, -0.25) is 0 Å². The highest BCUT2D eigenvalue weighted by Gasteiger charge is 2.22. The Balaban J connectivity index is 1.37. The van der Waals surface area contributed by atoms with E-state index in [9.17, 15) is 0 Å². The molecule has 1 nitrogen and oxygen atoms in total. The maximum Gasteiger partial charge on any atom is 0.135 e. The van der Waals surface area contributed by atoms with Gasteiger partial charge in [0.25, 0.3) is 0 Å². The van der Waals surface area contributed by atoms with Gasteiger partial charge >= 0.3 is 0 Å². The Morgan fingerprint density at radius 2 is 0.947 bits per heavy atom. The highest BCUT2D eigenvalue weighted by molar-refractivity contribution is 5.73. The lowest BCUT2D eigenvalue weighted by atomic mass is 9.77. The van der Waals surface area contributed by atoms with Crippen LogP contribution in [0.4, 0.5) is 0 Å². The fraction of sp³-hybridized carbons (Fsp3) is 0.189. The minimum absolute atomic E-state index is 0.0501. The molecule has 5 aromatic rings. The quantitative estimate of drug-likeness (QED) is 0.227. The lowest BCUT2D eigenvalue weighted by Gasteiger charge is -2.26. The van der Waals surface area contributed by atoms with Gasteiger partial charge in [-0.1, -0.05) is 121 Å². The molecule has 0 radical (unpaired) electrons. The molecule has 0 saturated heterocycles. The van der Waals surface area contributed by atoms with Gasteiger partial charge in [0.05, 0.1) is 0 Å². The Morgan fingerprint density at radius 1 is 0.447 bits per heavy atom. The van der Waals surface area contributed by atoms with Gasteiger partial charge in [0.15, 0.2) is 0 Å². The van der Waals surface area contributed by atoms with Crippen LogP contribution in [0, 0.1) is 27.7 Å². The molecule has 1 heteroatoms. The molecule has 0 amide bonds. The Morgan fingerprint density at radius 3 is 1.53 bits per heavy atom. The first-order valence-corrected chi connectivity index (χ1v) is 13.3. The van der Waals surface area contributed by atoms with Crippen LogP contribution in [0.1, 0.15) is 47.2 Å². The van der Waals surface area contributed by atoms with Crippen molar-refractivity contribution in [3.8, 4) is 33.8 Å². The van der Waals surface area contributed by atoms with Gasteiger partial charge in [-0.05, 0) is 79.8 Å². The first-order chi connectivity index (χ1) is 18.2. The normalized spacial score (nSPS) is 11.4. The van der Waals surface area contributed by atoms with Crippen molar-refractivity contribution < 1.29 is 4.74 Å². The van der Waals surface area contributed by atoms with Crippen molar-refractivity contribution in [3.05, 3.63) is 143 Å². The summed E-state index contributed by atoms with van der Waals surface area (Å²) in [5.41, 5.74) is 12.3. The minimum Gasteiger partial charge on any atom is -0.457 e. The molecule has 190 valence electrons. The average molecular weight is 497 g/mol. The molecule has 0 aliphatic carbocycles. The number of aryl methyl sites for hydroxylation is 4. The lowest BCUT2D eigenvalue weighted by Crippen LogP contribution is -2.18. The molecule has 0 aromatic heterocycles. The van der Waals surface area contributed by atoms with Crippen LogP contribution in [0.15, 0.2) is 109 Å². The zero-order valence-corrected chi connectivity index (χ0v) is 23.3. The van der Waals surface area contributed by atoms with Crippen molar-refractivity contribution in [2.75, 3.05) is 0 Å². The van der Waals surface area contributed by atoms with Crippen LogP contribution in [0.5, 0.6) is 11.5 Å². The Hall–Kier alpha value is -4.10. The van der Waals surface area contributed by atoms with Gasteiger partial charge < -0.3 is 4.74 Å². The molecule has 0 unspecified atom stereocenters. The topological polar surface area (TPSA) is 9.23 Å². The van der Waals surface area contributed by atoms with Crippen molar-refractivity contribution in [1.82, 2.24) is 0 Å². The summed E-state index contributed by atoms with van der Waals surface area (Å²) < 4.78 is 6.41. The molecule has 0 aliphatic rings. The van der Waals surface area contributed by atoms with Crippen LogP contribution < -0.4 is 4.74 Å². The Kier molecular flexibility index (Phi) is 6.95. The van der Waals surface area contributed by atoms with Crippen LogP contribution in [0.2, 0.25) is 0 Å². The number of benzene rings is 5. The zero-order valence-electron chi connectivity index (χ0n) is 23.3. The third-order valence-corrected chi connectivity index (χ3v) is 7.46. The van der Waals surface area contributed by atoms with Gasteiger partial charge in [-0.25, -0.2) is 0 Å². The molecule has 0 aliphatic heterocycles. The molecule has 5 aromatic carbocycles. The summed E-state index contributed by atoms with van der Waals surface area (Å²) in [5, 5.41) is 0. The van der Waals surface area contributed by atoms with E-state index in [1.54, 1.807) is 0 Å². The molecule has 0 atom stereocenters. The SMILES string of the molecule is Cc1ccc(C(C)(C)c2ccc(-c3ccc(Oc4ccc(C)cc4-c4cc(C)cc(C)c4)cc3)cc2)cc1. The monoisotopic (exact) mass is 496 g/mol. The van der Waals surface area contributed by atoms with Crippen molar-refractivity contribution in [2.45, 2.75) is 47.0 Å². The molecular formula is C37H36O. The largest absolute Gasteiger partial charge is 0.457 e. The summed E-state index contributed by atoms with van der Waals surface area (Å²) in [6.07, 6.45) is 0. The molecule has 0 N–H and O–H groups in total. The van der Waals surface area contributed by atoms with Crippen molar-refractivity contribution in [3.63, 3.8) is 0 Å². The van der Waals surface area contributed by atoms with E-state index in [1.165, 1.54) is 50.1 Å². The van der Waals surface area contributed by atoms with E-state index in [2.05, 4.69) is 151 Å². The standard InChI is InChI=1S/C37H36O/c1-25-7-14-32(15-8-25)37(5,6)33-16-10-29(11-17-33)30-12-18-34(19-13-30)38-36-20-9-26(2)24-35(36)31-22-27(3)21-28(4)23-31/h7-24H,1-6H3. The first kappa shape index (κ1) is 25.5.